The lowest BCUT2D eigenvalue weighted by atomic mass is 9.80. The third kappa shape index (κ3) is 11.1. The summed E-state index contributed by atoms with van der Waals surface area (Å²) in [5.74, 6) is -1.26. The Balaban J connectivity index is 2.25. The van der Waals surface area contributed by atoms with Gasteiger partial charge in [-0.2, -0.15) is 0 Å². The summed E-state index contributed by atoms with van der Waals surface area (Å²) in [6.45, 7) is 6.65. The highest BCUT2D eigenvalue weighted by Gasteiger charge is 2.29. The number of ether oxygens (including phenoxy) is 1. The Morgan fingerprint density at radius 2 is 1.81 bits per heavy atom. The molecule has 6 nitrogen and oxygen atoms in total. The molecule has 0 radical (unpaired) electrons. The molecular weight excluding hydrogens is 408 g/mol. The second-order valence-electron chi connectivity index (χ2n) is 9.54. The second kappa shape index (κ2) is 15.0. The molecule has 0 aromatic rings. The standard InChI is InChI=1S/C26H42O6/c1-4-5-18-26(2,3)23(28)15-13-20-12-14-22(27)21(20)11-9-7-6-8-10-19-32-25(31)17-16-24(29)30/h12-15,20-21,23,28H,4-11,16-19H2,1-3H3,(H,29,30)/b15-13+/t20-,21-,23-/m1/s1. The van der Waals surface area contributed by atoms with Crippen molar-refractivity contribution in [1.82, 2.24) is 0 Å². The van der Waals surface area contributed by atoms with Gasteiger partial charge < -0.3 is 14.9 Å². The lowest BCUT2D eigenvalue weighted by Gasteiger charge is -2.29. The van der Waals surface area contributed by atoms with Crippen LogP contribution in [0.3, 0.4) is 0 Å². The first-order valence-electron chi connectivity index (χ1n) is 12.1. The van der Waals surface area contributed by atoms with Crippen LogP contribution in [0.2, 0.25) is 0 Å². The van der Waals surface area contributed by atoms with Crippen molar-refractivity contribution in [3.63, 3.8) is 0 Å². The highest BCUT2D eigenvalue weighted by atomic mass is 16.5. The first kappa shape index (κ1) is 28.1. The lowest BCUT2D eigenvalue weighted by molar-refractivity contribution is -0.147. The van der Waals surface area contributed by atoms with Crippen molar-refractivity contribution in [3.8, 4) is 0 Å². The van der Waals surface area contributed by atoms with Crippen LogP contribution in [0, 0.1) is 17.3 Å². The number of aliphatic carboxylic acids is 1. The van der Waals surface area contributed by atoms with Crippen molar-refractivity contribution in [2.75, 3.05) is 6.61 Å². The molecule has 0 spiro atoms. The van der Waals surface area contributed by atoms with Gasteiger partial charge in [-0.25, -0.2) is 0 Å². The Labute approximate surface area is 193 Å². The summed E-state index contributed by atoms with van der Waals surface area (Å²) in [4.78, 5) is 34.0. The van der Waals surface area contributed by atoms with Gasteiger partial charge in [-0.05, 0) is 30.8 Å². The van der Waals surface area contributed by atoms with E-state index in [1.807, 2.05) is 18.2 Å². The maximum Gasteiger partial charge on any atom is 0.306 e. The molecule has 0 heterocycles. The second-order valence-corrected chi connectivity index (χ2v) is 9.54. The number of allylic oxidation sites excluding steroid dienone is 3. The van der Waals surface area contributed by atoms with E-state index in [2.05, 4.69) is 20.8 Å². The van der Waals surface area contributed by atoms with E-state index in [1.165, 1.54) is 0 Å². The number of carboxylic acids is 1. The van der Waals surface area contributed by atoms with Crippen LogP contribution in [-0.2, 0) is 19.1 Å². The van der Waals surface area contributed by atoms with E-state index in [-0.39, 0.29) is 35.9 Å². The summed E-state index contributed by atoms with van der Waals surface area (Å²) in [5.41, 5.74) is -0.168. The Morgan fingerprint density at radius 3 is 2.50 bits per heavy atom. The number of unbranched alkanes of at least 4 members (excludes halogenated alkanes) is 5. The molecule has 0 aromatic carbocycles. The largest absolute Gasteiger partial charge is 0.481 e. The van der Waals surface area contributed by atoms with E-state index in [0.717, 1.165) is 57.8 Å². The minimum Gasteiger partial charge on any atom is -0.481 e. The molecule has 0 aromatic heterocycles. The van der Waals surface area contributed by atoms with Gasteiger partial charge in [-0.3, -0.25) is 14.4 Å². The highest BCUT2D eigenvalue weighted by Crippen LogP contribution is 2.32. The highest BCUT2D eigenvalue weighted by molar-refractivity contribution is 5.94. The Morgan fingerprint density at radius 1 is 1.12 bits per heavy atom. The van der Waals surface area contributed by atoms with E-state index in [4.69, 9.17) is 9.84 Å². The summed E-state index contributed by atoms with van der Waals surface area (Å²) in [7, 11) is 0. The monoisotopic (exact) mass is 450 g/mol. The van der Waals surface area contributed by atoms with Crippen molar-refractivity contribution in [1.29, 1.82) is 0 Å². The van der Waals surface area contributed by atoms with Gasteiger partial charge in [0.25, 0.3) is 0 Å². The fourth-order valence-corrected chi connectivity index (χ4v) is 3.92. The molecular formula is C26H42O6. The van der Waals surface area contributed by atoms with E-state index >= 15 is 0 Å². The average molecular weight is 451 g/mol. The third-order valence-corrected chi connectivity index (χ3v) is 6.27. The zero-order valence-electron chi connectivity index (χ0n) is 20.1. The summed E-state index contributed by atoms with van der Waals surface area (Å²) >= 11 is 0. The zero-order valence-corrected chi connectivity index (χ0v) is 20.1. The first-order valence-corrected chi connectivity index (χ1v) is 12.1. The number of aliphatic hydroxyl groups excluding tert-OH is 1. The molecule has 3 atom stereocenters. The number of carbonyl (C=O) groups excluding carboxylic acids is 2. The van der Waals surface area contributed by atoms with Crippen LogP contribution < -0.4 is 0 Å². The molecule has 0 fully saturated rings. The number of carboxylic acid groups (broad SMARTS) is 1. The van der Waals surface area contributed by atoms with Crippen LogP contribution in [0.25, 0.3) is 0 Å². The summed E-state index contributed by atoms with van der Waals surface area (Å²) < 4.78 is 5.02. The van der Waals surface area contributed by atoms with Crippen LogP contribution >= 0.6 is 0 Å². The summed E-state index contributed by atoms with van der Waals surface area (Å²) in [6.07, 6.45) is 15.4. The van der Waals surface area contributed by atoms with Gasteiger partial charge in [0.1, 0.15) is 0 Å². The molecule has 6 heteroatoms. The predicted octanol–water partition coefficient (Wildman–Crippen LogP) is 5.24. The maximum atomic E-state index is 12.3. The third-order valence-electron chi connectivity index (χ3n) is 6.27. The molecule has 2 N–H and O–H groups in total. The molecule has 0 amide bonds. The number of aliphatic hydroxyl groups is 1. The van der Waals surface area contributed by atoms with Gasteiger partial charge in [-0.1, -0.05) is 77.5 Å². The lowest BCUT2D eigenvalue weighted by Crippen LogP contribution is -2.27. The fourth-order valence-electron chi connectivity index (χ4n) is 3.92. The van der Waals surface area contributed by atoms with Crippen molar-refractivity contribution in [2.45, 2.75) is 97.5 Å². The van der Waals surface area contributed by atoms with Crippen LogP contribution in [0.15, 0.2) is 24.3 Å². The Kier molecular flexibility index (Phi) is 13.2. The molecule has 0 bridgehead atoms. The van der Waals surface area contributed by atoms with Gasteiger partial charge in [-0.15, -0.1) is 0 Å². The Hall–Kier alpha value is -1.95. The molecule has 1 aliphatic rings. The number of carbonyl (C=O) groups is 3. The maximum absolute atomic E-state index is 12.3. The van der Waals surface area contributed by atoms with Crippen LogP contribution in [0.5, 0.6) is 0 Å². The summed E-state index contributed by atoms with van der Waals surface area (Å²) in [5, 5.41) is 19.1. The zero-order chi connectivity index (χ0) is 24.0. The van der Waals surface area contributed by atoms with E-state index in [1.54, 1.807) is 6.08 Å². The predicted molar refractivity (Wildman–Crippen MR) is 125 cm³/mol. The van der Waals surface area contributed by atoms with E-state index < -0.39 is 18.0 Å². The van der Waals surface area contributed by atoms with Gasteiger partial charge in [0, 0.05) is 11.8 Å². The number of hydrogen-bond acceptors (Lipinski definition) is 5. The van der Waals surface area contributed by atoms with Gasteiger partial charge in [0.05, 0.1) is 25.6 Å². The molecule has 0 unspecified atom stereocenters. The SMILES string of the molecule is CCCCC(C)(C)[C@H](O)/C=C/[C@H]1C=CC(=O)[C@@H]1CCCCCCCOC(=O)CCC(=O)O. The molecule has 182 valence electrons. The number of ketones is 1. The van der Waals surface area contributed by atoms with E-state index in [0.29, 0.717) is 6.61 Å². The van der Waals surface area contributed by atoms with Crippen molar-refractivity contribution >= 4 is 17.7 Å². The van der Waals surface area contributed by atoms with Gasteiger partial charge in [0.15, 0.2) is 5.78 Å². The number of hydrogen-bond donors (Lipinski definition) is 2. The molecule has 32 heavy (non-hydrogen) atoms. The number of rotatable bonds is 17. The van der Waals surface area contributed by atoms with Crippen molar-refractivity contribution < 1.29 is 29.3 Å². The normalized spacial score (nSPS) is 19.6. The van der Waals surface area contributed by atoms with Crippen molar-refractivity contribution in [2.24, 2.45) is 17.3 Å². The van der Waals surface area contributed by atoms with Crippen molar-refractivity contribution in [3.05, 3.63) is 24.3 Å². The molecule has 0 saturated carbocycles. The molecule has 1 rings (SSSR count). The Bertz CT molecular complexity index is 649. The van der Waals surface area contributed by atoms with Crippen LogP contribution in [0.4, 0.5) is 0 Å². The average Bonchev–Trinajstić information content (AvgIpc) is 3.10. The summed E-state index contributed by atoms with van der Waals surface area (Å²) in [6, 6.07) is 0. The van der Waals surface area contributed by atoms with Gasteiger partial charge in [0.2, 0.25) is 0 Å². The van der Waals surface area contributed by atoms with E-state index in [9.17, 15) is 19.5 Å². The van der Waals surface area contributed by atoms with Gasteiger partial charge >= 0.3 is 11.9 Å². The quantitative estimate of drug-likeness (QED) is 0.179. The minimum absolute atomic E-state index is 0.0348. The topological polar surface area (TPSA) is 101 Å². The molecule has 0 aliphatic heterocycles. The molecule has 0 saturated heterocycles. The first-order chi connectivity index (χ1) is 15.2. The smallest absolute Gasteiger partial charge is 0.306 e. The van der Waals surface area contributed by atoms with Crippen LogP contribution in [0.1, 0.15) is 91.4 Å². The number of esters is 1. The molecule has 1 aliphatic carbocycles. The minimum atomic E-state index is -0.998. The fraction of sp³-hybridized carbons (Fsp3) is 0.731. The van der Waals surface area contributed by atoms with Crippen LogP contribution in [-0.4, -0.2) is 40.6 Å².